The van der Waals surface area contributed by atoms with E-state index in [9.17, 15) is 4.79 Å². The molecule has 1 saturated carbocycles. The van der Waals surface area contributed by atoms with E-state index in [1.807, 2.05) is 0 Å². The molecule has 4 nitrogen and oxygen atoms in total. The lowest BCUT2D eigenvalue weighted by molar-refractivity contribution is -0.135. The highest BCUT2D eigenvalue weighted by Crippen LogP contribution is 2.39. The average Bonchev–Trinajstić information content (AvgIpc) is 3.29. The number of hydrogen-bond acceptors (Lipinski definition) is 4. The maximum Gasteiger partial charge on any atom is 0.343 e. The first kappa shape index (κ1) is 13.4. The van der Waals surface area contributed by atoms with Crippen molar-refractivity contribution in [3.63, 3.8) is 0 Å². The van der Waals surface area contributed by atoms with Crippen LogP contribution in [0.3, 0.4) is 0 Å². The molecule has 1 aromatic rings. The van der Waals surface area contributed by atoms with E-state index in [0.717, 1.165) is 5.75 Å². The van der Waals surface area contributed by atoms with Crippen molar-refractivity contribution in [1.29, 1.82) is 0 Å². The Morgan fingerprint density at radius 1 is 1.10 bits per heavy atom. The molecule has 20 heavy (non-hydrogen) atoms. The zero-order chi connectivity index (χ0) is 13.9. The number of rotatable bonds is 4. The average molecular weight is 276 g/mol. The van der Waals surface area contributed by atoms with Crippen molar-refractivity contribution in [3.8, 4) is 11.5 Å². The van der Waals surface area contributed by atoms with E-state index in [1.165, 1.54) is 32.1 Å². The Labute approximate surface area is 119 Å². The summed E-state index contributed by atoms with van der Waals surface area (Å²) in [6, 6.07) is 7.01. The molecule has 1 aliphatic carbocycles. The van der Waals surface area contributed by atoms with Gasteiger partial charge in [-0.25, -0.2) is 4.79 Å². The predicted octanol–water partition coefficient (Wildman–Crippen LogP) is 2.95. The van der Waals surface area contributed by atoms with Gasteiger partial charge in [0, 0.05) is 0 Å². The monoisotopic (exact) mass is 276 g/mol. The van der Waals surface area contributed by atoms with Crippen molar-refractivity contribution in [2.24, 2.45) is 5.92 Å². The molecular formula is C16H20O4. The smallest absolute Gasteiger partial charge is 0.343 e. The van der Waals surface area contributed by atoms with Crippen LogP contribution in [0.2, 0.25) is 0 Å². The highest BCUT2D eigenvalue weighted by molar-refractivity contribution is 5.80. The summed E-state index contributed by atoms with van der Waals surface area (Å²) in [5.74, 6) is 1.55. The van der Waals surface area contributed by atoms with Crippen LogP contribution in [0.4, 0.5) is 0 Å². The number of carbonyl (C=O) groups excluding carboxylic acids is 1. The van der Waals surface area contributed by atoms with Crippen LogP contribution in [0.15, 0.2) is 24.3 Å². The number of epoxide rings is 1. The van der Waals surface area contributed by atoms with Crippen molar-refractivity contribution in [1.82, 2.24) is 0 Å². The lowest BCUT2D eigenvalue weighted by atomic mass is 9.86. The zero-order valence-electron chi connectivity index (χ0n) is 11.7. The van der Waals surface area contributed by atoms with Gasteiger partial charge >= 0.3 is 5.97 Å². The third-order valence-corrected chi connectivity index (χ3v) is 4.15. The van der Waals surface area contributed by atoms with Crippen LogP contribution in [-0.4, -0.2) is 25.3 Å². The van der Waals surface area contributed by atoms with Gasteiger partial charge in [-0.1, -0.05) is 19.3 Å². The number of methoxy groups -OCH3 is 1. The Morgan fingerprint density at radius 2 is 1.75 bits per heavy atom. The van der Waals surface area contributed by atoms with Crippen LogP contribution >= 0.6 is 0 Å². The number of ether oxygens (including phenoxy) is 3. The van der Waals surface area contributed by atoms with Crippen LogP contribution in [0.5, 0.6) is 11.5 Å². The second-order valence-corrected chi connectivity index (χ2v) is 5.52. The number of benzene rings is 1. The summed E-state index contributed by atoms with van der Waals surface area (Å²) < 4.78 is 15.9. The fourth-order valence-electron chi connectivity index (χ4n) is 2.95. The topological polar surface area (TPSA) is 48.1 Å². The molecule has 1 aliphatic heterocycles. The highest BCUT2D eigenvalue weighted by atomic mass is 16.6. The molecule has 4 heteroatoms. The van der Waals surface area contributed by atoms with Crippen LogP contribution in [0.1, 0.15) is 32.1 Å². The largest absolute Gasteiger partial charge is 0.497 e. The molecule has 0 N–H and O–H groups in total. The fourth-order valence-corrected chi connectivity index (χ4v) is 2.95. The first-order chi connectivity index (χ1) is 9.78. The molecular weight excluding hydrogens is 256 g/mol. The van der Waals surface area contributed by atoms with E-state index in [1.54, 1.807) is 31.4 Å². The minimum Gasteiger partial charge on any atom is -0.497 e. The van der Waals surface area contributed by atoms with E-state index in [-0.39, 0.29) is 18.2 Å². The summed E-state index contributed by atoms with van der Waals surface area (Å²) in [6.07, 6.45) is 5.90. The Morgan fingerprint density at radius 3 is 2.40 bits per heavy atom. The van der Waals surface area contributed by atoms with E-state index < -0.39 is 0 Å². The lowest BCUT2D eigenvalue weighted by Gasteiger charge is -2.19. The van der Waals surface area contributed by atoms with Crippen molar-refractivity contribution in [3.05, 3.63) is 24.3 Å². The lowest BCUT2D eigenvalue weighted by Crippen LogP contribution is -2.22. The molecule has 2 atom stereocenters. The van der Waals surface area contributed by atoms with Gasteiger partial charge in [0.15, 0.2) is 6.10 Å². The SMILES string of the molecule is COc1ccc(OC(=O)C2OC2C2CCCCC2)cc1. The summed E-state index contributed by atoms with van der Waals surface area (Å²) in [5.41, 5.74) is 0. The molecule has 0 radical (unpaired) electrons. The minimum atomic E-state index is -0.361. The minimum absolute atomic E-state index is 0.0843. The fraction of sp³-hybridized carbons (Fsp3) is 0.562. The Bertz CT molecular complexity index is 462. The molecule has 3 rings (SSSR count). The van der Waals surface area contributed by atoms with Gasteiger partial charge in [0.05, 0.1) is 13.2 Å². The first-order valence-electron chi connectivity index (χ1n) is 7.29. The van der Waals surface area contributed by atoms with Crippen molar-refractivity contribution in [2.45, 2.75) is 44.3 Å². The summed E-state index contributed by atoms with van der Waals surface area (Å²) in [6.45, 7) is 0. The van der Waals surface area contributed by atoms with Gasteiger partial charge < -0.3 is 14.2 Å². The van der Waals surface area contributed by atoms with Gasteiger partial charge in [0.2, 0.25) is 0 Å². The van der Waals surface area contributed by atoms with Gasteiger partial charge in [0.25, 0.3) is 0 Å². The Balaban J connectivity index is 1.52. The molecule has 0 amide bonds. The molecule has 0 spiro atoms. The van der Waals surface area contributed by atoms with E-state index in [4.69, 9.17) is 14.2 Å². The number of carbonyl (C=O) groups is 1. The highest BCUT2D eigenvalue weighted by Gasteiger charge is 2.50. The summed E-state index contributed by atoms with van der Waals surface area (Å²) in [7, 11) is 1.60. The number of hydrogen-bond donors (Lipinski definition) is 0. The second kappa shape index (κ2) is 5.83. The van der Waals surface area contributed by atoms with Crippen LogP contribution in [-0.2, 0) is 9.53 Å². The Kier molecular flexibility index (Phi) is 3.92. The summed E-state index contributed by atoms with van der Waals surface area (Å²) >= 11 is 0. The third kappa shape index (κ3) is 2.96. The van der Waals surface area contributed by atoms with Crippen LogP contribution in [0.25, 0.3) is 0 Å². The van der Waals surface area contributed by atoms with Gasteiger partial charge in [-0.3, -0.25) is 0 Å². The van der Waals surface area contributed by atoms with Gasteiger partial charge in [-0.05, 0) is 43.0 Å². The van der Waals surface area contributed by atoms with E-state index in [0.29, 0.717) is 11.7 Å². The van der Waals surface area contributed by atoms with Crippen molar-refractivity contribution in [2.75, 3.05) is 7.11 Å². The maximum atomic E-state index is 12.0. The van der Waals surface area contributed by atoms with E-state index >= 15 is 0 Å². The standard InChI is InChI=1S/C16H20O4/c1-18-12-7-9-13(10-8-12)19-16(17)15-14(20-15)11-5-3-2-4-6-11/h7-11,14-15H,2-6H2,1H3. The molecule has 1 aromatic carbocycles. The van der Waals surface area contributed by atoms with Crippen molar-refractivity contribution >= 4 is 5.97 Å². The number of esters is 1. The summed E-state index contributed by atoms with van der Waals surface area (Å²) in [5, 5.41) is 0. The molecule has 1 saturated heterocycles. The normalized spacial score (nSPS) is 26.1. The molecule has 2 aliphatic rings. The van der Waals surface area contributed by atoms with Crippen molar-refractivity contribution < 1.29 is 19.0 Å². The van der Waals surface area contributed by atoms with Gasteiger partial charge in [-0.15, -0.1) is 0 Å². The molecule has 2 fully saturated rings. The van der Waals surface area contributed by atoms with Gasteiger partial charge in [0.1, 0.15) is 11.5 Å². The molecule has 2 unspecified atom stereocenters. The molecule has 1 heterocycles. The first-order valence-corrected chi connectivity index (χ1v) is 7.29. The molecule has 108 valence electrons. The van der Waals surface area contributed by atoms with Crippen LogP contribution < -0.4 is 9.47 Å². The third-order valence-electron chi connectivity index (χ3n) is 4.15. The maximum absolute atomic E-state index is 12.0. The van der Waals surface area contributed by atoms with Crippen LogP contribution in [0, 0.1) is 5.92 Å². The summed E-state index contributed by atoms with van der Waals surface area (Å²) in [4.78, 5) is 12.0. The zero-order valence-corrected chi connectivity index (χ0v) is 11.7. The molecule has 0 aromatic heterocycles. The Hall–Kier alpha value is -1.55. The second-order valence-electron chi connectivity index (χ2n) is 5.52. The predicted molar refractivity (Wildman–Crippen MR) is 73.9 cm³/mol. The quantitative estimate of drug-likeness (QED) is 0.482. The molecule has 0 bridgehead atoms. The van der Waals surface area contributed by atoms with Gasteiger partial charge in [-0.2, -0.15) is 0 Å². The van der Waals surface area contributed by atoms with E-state index in [2.05, 4.69) is 0 Å².